The number of rotatable bonds is 8. The molecule has 1 unspecified atom stereocenters. The molecule has 0 bridgehead atoms. The number of likely N-dealkylation sites (N-methyl/N-ethyl adjacent to an activating group) is 1. The number of aliphatic hydroxyl groups is 3. The number of aromatic hydroxyl groups is 1. The molecule has 7 N–H and O–H groups in total. The van der Waals surface area contributed by atoms with Crippen LogP contribution in [-0.4, -0.2) is 75.6 Å². The number of nitrogens with two attached hydrogens (primary N) is 1. The Morgan fingerprint density at radius 1 is 1.05 bits per heavy atom. The van der Waals surface area contributed by atoms with Crippen LogP contribution in [0.2, 0.25) is 0 Å². The first-order chi connectivity index (χ1) is 20.3. The number of fused-ring (bicyclic) bond motifs is 3. The Labute approximate surface area is 250 Å². The number of carbonyl (C=O) groups is 3. The van der Waals surface area contributed by atoms with Crippen molar-refractivity contribution in [3.63, 3.8) is 0 Å². The first kappa shape index (κ1) is 30.3. The number of amides is 1. The van der Waals surface area contributed by atoms with Gasteiger partial charge in [-0.2, -0.15) is 0 Å². The summed E-state index contributed by atoms with van der Waals surface area (Å²) in [6.45, 7) is 4.70. The Bertz CT molecular complexity index is 1540. The maximum Gasteiger partial charge on any atom is 0.255 e. The Morgan fingerprint density at radius 2 is 1.72 bits per heavy atom. The Morgan fingerprint density at radius 3 is 2.35 bits per heavy atom. The molecule has 0 heterocycles. The van der Waals surface area contributed by atoms with Crippen LogP contribution >= 0.6 is 0 Å². The number of ketones is 2. The highest BCUT2D eigenvalue weighted by molar-refractivity contribution is 6.22. The zero-order chi connectivity index (χ0) is 31.4. The molecule has 5 atom stereocenters. The normalized spacial score (nSPS) is 25.4. The van der Waals surface area contributed by atoms with Crippen molar-refractivity contribution in [1.29, 1.82) is 0 Å². The molecule has 3 aliphatic carbocycles. The third kappa shape index (κ3) is 4.98. The number of benzene rings is 2. The van der Waals surface area contributed by atoms with E-state index in [9.17, 15) is 34.8 Å². The van der Waals surface area contributed by atoms with Crippen LogP contribution in [-0.2, 0) is 21.4 Å². The molecule has 10 nitrogen and oxygen atoms in total. The van der Waals surface area contributed by atoms with Crippen LogP contribution in [0.1, 0.15) is 48.2 Å². The summed E-state index contributed by atoms with van der Waals surface area (Å²) in [5, 5.41) is 48.8. The van der Waals surface area contributed by atoms with Gasteiger partial charge in [0.1, 0.15) is 22.8 Å². The maximum atomic E-state index is 14.0. The van der Waals surface area contributed by atoms with E-state index in [1.54, 1.807) is 26.2 Å². The second-order valence-electron chi connectivity index (χ2n) is 12.7. The molecule has 43 heavy (non-hydrogen) atoms. The monoisotopic (exact) mass is 589 g/mol. The molecule has 5 rings (SSSR count). The van der Waals surface area contributed by atoms with Gasteiger partial charge in [0.2, 0.25) is 0 Å². The minimum Gasteiger partial charge on any atom is -0.511 e. The third-order valence-corrected chi connectivity index (χ3v) is 9.35. The maximum absolute atomic E-state index is 14.0. The number of para-hydroxylation sites is 1. The van der Waals surface area contributed by atoms with Gasteiger partial charge in [-0.25, -0.2) is 0 Å². The van der Waals surface area contributed by atoms with Gasteiger partial charge in [0.05, 0.1) is 23.6 Å². The lowest BCUT2D eigenvalue weighted by atomic mass is 9.59. The zero-order valence-electron chi connectivity index (χ0n) is 24.8. The number of phenols is 1. The lowest BCUT2D eigenvalue weighted by molar-refractivity contribution is -0.131. The number of phenolic OH excluding ortho intramolecular Hbond substituents is 1. The summed E-state index contributed by atoms with van der Waals surface area (Å²) in [6, 6.07) is 12.4. The van der Waals surface area contributed by atoms with Gasteiger partial charge in [-0.15, -0.1) is 0 Å². The second kappa shape index (κ2) is 11.2. The van der Waals surface area contributed by atoms with Gasteiger partial charge in [0.25, 0.3) is 5.91 Å². The molecule has 0 aromatic heterocycles. The summed E-state index contributed by atoms with van der Waals surface area (Å²) in [7, 11) is 3.21. The fraction of sp³-hybridized carbons (Fsp3) is 0.424. The van der Waals surface area contributed by atoms with Crippen LogP contribution in [0, 0.1) is 17.8 Å². The van der Waals surface area contributed by atoms with E-state index >= 15 is 0 Å². The molecule has 0 aliphatic heterocycles. The van der Waals surface area contributed by atoms with E-state index in [0.717, 1.165) is 18.7 Å². The summed E-state index contributed by atoms with van der Waals surface area (Å²) in [6.07, 6.45) is 0.310. The number of Topliss-reactive ketones (excluding diaryl/α,β-unsaturated/α-hetero) is 2. The molecule has 0 radical (unpaired) electrons. The number of hydrogen-bond acceptors (Lipinski definition) is 9. The molecular weight excluding hydrogens is 550 g/mol. The molecule has 0 fully saturated rings. The quantitative estimate of drug-likeness (QED) is 0.200. The molecular formula is C33H39N3O7. The van der Waals surface area contributed by atoms with Crippen LogP contribution in [0.4, 0.5) is 5.69 Å². The average Bonchev–Trinajstić information content (AvgIpc) is 2.93. The number of carbonyl (C=O) groups excluding carboxylic acids is 3. The molecule has 0 saturated carbocycles. The van der Waals surface area contributed by atoms with Crippen LogP contribution in [0.3, 0.4) is 0 Å². The molecule has 10 heteroatoms. The molecule has 0 spiro atoms. The summed E-state index contributed by atoms with van der Waals surface area (Å²) in [5.74, 6) is -7.47. The molecule has 0 saturated heterocycles. The molecule has 1 amide bonds. The van der Waals surface area contributed by atoms with Crippen molar-refractivity contribution in [3.05, 3.63) is 81.8 Å². The number of nitrogens with one attached hydrogen (secondary N) is 1. The number of hydrogen-bond donors (Lipinski definition) is 6. The van der Waals surface area contributed by atoms with E-state index in [2.05, 4.69) is 5.32 Å². The van der Waals surface area contributed by atoms with E-state index in [-0.39, 0.29) is 23.3 Å². The summed E-state index contributed by atoms with van der Waals surface area (Å²) in [5.41, 5.74) is 6.27. The first-order valence-corrected chi connectivity index (χ1v) is 14.5. The molecule has 3 aliphatic rings. The smallest absolute Gasteiger partial charge is 0.255 e. The van der Waals surface area contributed by atoms with Gasteiger partial charge in [0.15, 0.2) is 11.6 Å². The zero-order valence-corrected chi connectivity index (χ0v) is 24.8. The fourth-order valence-corrected chi connectivity index (χ4v) is 7.23. The first-order valence-electron chi connectivity index (χ1n) is 14.5. The van der Waals surface area contributed by atoms with Gasteiger partial charge >= 0.3 is 0 Å². The third-order valence-electron chi connectivity index (χ3n) is 9.35. The molecule has 2 aromatic carbocycles. The van der Waals surface area contributed by atoms with Crippen LogP contribution < -0.4 is 11.1 Å². The topological polar surface area (TPSA) is 173 Å². The van der Waals surface area contributed by atoms with Crippen molar-refractivity contribution in [2.75, 3.05) is 26.0 Å². The standard InChI is InChI=1S/C33H39N3O7/c1-33(2,13-8-14-35-17-9-6-5-7-10-17)19-12-11-16-15-18-21(28(39)20(16)27(19)38)29(40)23-22(26(18)37)25(36(3)4)31(42)24(30(23)41)32(34)43/h5-7,9-12,18,22-23,25-26,35,37-38,40,42H,8,13-15H2,1-4H3,(H2,34,43)/t18-,22-,23?,25+,26+/m1/s1. The SMILES string of the molecule is CN(C)[C@@H]1C(O)=C(C(N)=O)C(=O)C2C(O)=C3C(=O)c4c(ccc(C(C)(C)CCCNc5ccccc5)c4O)C[C@H]3[C@H](O)[C@H]21. The highest BCUT2D eigenvalue weighted by atomic mass is 16.3. The van der Waals surface area contributed by atoms with Gasteiger partial charge in [0, 0.05) is 35.2 Å². The Balaban J connectivity index is 1.49. The van der Waals surface area contributed by atoms with E-state index < -0.39 is 69.9 Å². The Kier molecular flexibility index (Phi) is 7.87. The minimum atomic E-state index is -1.46. The van der Waals surface area contributed by atoms with E-state index in [1.165, 1.54) is 4.90 Å². The van der Waals surface area contributed by atoms with Crippen molar-refractivity contribution in [2.45, 2.75) is 50.7 Å². The van der Waals surface area contributed by atoms with Gasteiger partial charge in [-0.05, 0) is 56.5 Å². The number of primary amides is 1. The second-order valence-corrected chi connectivity index (χ2v) is 12.7. The van der Waals surface area contributed by atoms with Crippen LogP contribution in [0.5, 0.6) is 5.75 Å². The average molecular weight is 590 g/mol. The van der Waals surface area contributed by atoms with Crippen molar-refractivity contribution in [3.8, 4) is 5.75 Å². The highest BCUT2D eigenvalue weighted by Gasteiger charge is 2.58. The van der Waals surface area contributed by atoms with E-state index in [1.807, 2.05) is 44.2 Å². The summed E-state index contributed by atoms with van der Waals surface area (Å²) in [4.78, 5) is 41.1. The van der Waals surface area contributed by atoms with Gasteiger partial charge in [-0.3, -0.25) is 19.3 Å². The number of aliphatic hydroxyl groups excluding tert-OH is 3. The van der Waals surface area contributed by atoms with Gasteiger partial charge in [-0.1, -0.05) is 44.2 Å². The van der Waals surface area contributed by atoms with Crippen molar-refractivity contribution in [1.82, 2.24) is 4.90 Å². The fourth-order valence-electron chi connectivity index (χ4n) is 7.23. The van der Waals surface area contributed by atoms with Crippen molar-refractivity contribution < 1.29 is 34.8 Å². The van der Waals surface area contributed by atoms with Crippen molar-refractivity contribution in [2.24, 2.45) is 23.5 Å². The lowest BCUT2D eigenvalue weighted by Gasteiger charge is -2.48. The number of anilines is 1. The Hall–Kier alpha value is -4.15. The summed E-state index contributed by atoms with van der Waals surface area (Å²) >= 11 is 0. The largest absolute Gasteiger partial charge is 0.511 e. The van der Waals surface area contributed by atoms with Gasteiger partial charge < -0.3 is 31.5 Å². The highest BCUT2D eigenvalue weighted by Crippen LogP contribution is 2.51. The predicted octanol–water partition coefficient (Wildman–Crippen LogP) is 3.15. The van der Waals surface area contributed by atoms with Crippen LogP contribution in [0.25, 0.3) is 0 Å². The van der Waals surface area contributed by atoms with Crippen molar-refractivity contribution >= 4 is 23.2 Å². The predicted molar refractivity (Wildman–Crippen MR) is 161 cm³/mol. The molecule has 2 aromatic rings. The molecule has 228 valence electrons. The minimum absolute atomic E-state index is 0.0392. The number of allylic oxidation sites excluding steroid dienone is 1. The van der Waals surface area contributed by atoms with E-state index in [0.29, 0.717) is 17.5 Å². The van der Waals surface area contributed by atoms with Crippen LogP contribution in [0.15, 0.2) is 65.1 Å². The summed E-state index contributed by atoms with van der Waals surface area (Å²) < 4.78 is 0. The number of nitrogens with zero attached hydrogens (tertiary/aromatic N) is 1. The lowest BCUT2D eigenvalue weighted by Crippen LogP contribution is -2.59. The van der Waals surface area contributed by atoms with E-state index in [4.69, 9.17) is 5.73 Å².